The van der Waals surface area contributed by atoms with Gasteiger partial charge in [0.25, 0.3) is 0 Å². The minimum Gasteiger partial charge on any atom is -0.480 e. The second-order valence-electron chi connectivity index (χ2n) is 9.84. The van der Waals surface area contributed by atoms with Crippen LogP contribution in [0, 0.1) is 5.92 Å². The number of nitrogens with one attached hydrogen (secondary N) is 1. The van der Waals surface area contributed by atoms with Crippen LogP contribution in [-0.2, 0) is 14.3 Å². The highest BCUT2D eigenvalue weighted by Crippen LogP contribution is 2.44. The van der Waals surface area contributed by atoms with E-state index in [2.05, 4.69) is 29.6 Å². The predicted octanol–water partition coefficient (Wildman–Crippen LogP) is 3.13. The molecule has 3 N–H and O–H groups in total. The molecule has 0 spiro atoms. The molecular formula is C27H30N2O6. The number of carboxylic acid groups (broad SMARTS) is 1. The largest absolute Gasteiger partial charge is 0.480 e. The quantitative estimate of drug-likeness (QED) is 0.588. The summed E-state index contributed by atoms with van der Waals surface area (Å²) in [6.45, 7) is 0.312. The second kappa shape index (κ2) is 9.70. The second-order valence-corrected chi connectivity index (χ2v) is 9.84. The Balaban J connectivity index is 1.12. The molecule has 8 nitrogen and oxygen atoms in total. The number of aliphatic carboxylic acids is 1. The lowest BCUT2D eigenvalue weighted by atomic mass is 9.98. The first kappa shape index (κ1) is 23.4. The van der Waals surface area contributed by atoms with Crippen LogP contribution < -0.4 is 5.32 Å². The van der Waals surface area contributed by atoms with Crippen LogP contribution in [0.1, 0.15) is 49.1 Å². The molecule has 1 heterocycles. The lowest BCUT2D eigenvalue weighted by molar-refractivity contribution is -0.148. The van der Waals surface area contributed by atoms with Crippen LogP contribution in [0.2, 0.25) is 0 Å². The van der Waals surface area contributed by atoms with Crippen molar-refractivity contribution in [1.29, 1.82) is 0 Å². The molecule has 4 atom stereocenters. The van der Waals surface area contributed by atoms with Gasteiger partial charge in [-0.3, -0.25) is 4.79 Å². The third kappa shape index (κ3) is 4.75. The van der Waals surface area contributed by atoms with E-state index in [1.807, 2.05) is 24.3 Å². The number of alkyl carbamates (subject to hydrolysis) is 1. The highest BCUT2D eigenvalue weighted by atomic mass is 16.5. The van der Waals surface area contributed by atoms with Crippen LogP contribution in [0.4, 0.5) is 4.79 Å². The summed E-state index contributed by atoms with van der Waals surface area (Å²) in [5.74, 6) is -1.27. The summed E-state index contributed by atoms with van der Waals surface area (Å²) >= 11 is 0. The summed E-state index contributed by atoms with van der Waals surface area (Å²) in [5.41, 5.74) is 4.67. The van der Waals surface area contributed by atoms with E-state index in [0.29, 0.717) is 6.42 Å². The predicted molar refractivity (Wildman–Crippen MR) is 128 cm³/mol. The topological polar surface area (TPSA) is 116 Å². The average Bonchev–Trinajstić information content (AvgIpc) is 3.53. The number of fused-ring (bicyclic) bond motifs is 3. The standard InChI is InChI=1S/C27H30N2O6/c30-18-13-24(26(32)33)29(14-18)25(31)12-16-9-10-17(11-16)28-27(34)35-15-23-21-7-3-1-5-19(21)20-6-2-4-8-22(20)23/h1-8,16-18,23-24,30H,9-15H2,(H,28,34)(H,32,33)/t16?,17?,18-,24-/m1/s1. The fourth-order valence-corrected chi connectivity index (χ4v) is 5.89. The number of carboxylic acids is 1. The third-order valence-corrected chi connectivity index (χ3v) is 7.55. The van der Waals surface area contributed by atoms with Crippen molar-refractivity contribution in [2.75, 3.05) is 13.2 Å². The van der Waals surface area contributed by atoms with Crippen molar-refractivity contribution < 1.29 is 29.3 Å². The molecule has 1 saturated heterocycles. The summed E-state index contributed by atoms with van der Waals surface area (Å²) in [5, 5.41) is 22.0. The average molecular weight is 479 g/mol. The Kier molecular flexibility index (Phi) is 6.47. The number of aliphatic hydroxyl groups is 1. The van der Waals surface area contributed by atoms with Crippen LogP contribution in [-0.4, -0.2) is 64.4 Å². The van der Waals surface area contributed by atoms with Crippen molar-refractivity contribution in [3.05, 3.63) is 59.7 Å². The van der Waals surface area contributed by atoms with Crippen LogP contribution in [0.15, 0.2) is 48.5 Å². The van der Waals surface area contributed by atoms with E-state index in [1.165, 1.54) is 16.0 Å². The molecule has 5 rings (SSSR count). The molecule has 0 radical (unpaired) electrons. The molecule has 35 heavy (non-hydrogen) atoms. The van der Waals surface area contributed by atoms with E-state index in [0.717, 1.165) is 24.0 Å². The van der Waals surface area contributed by atoms with Gasteiger partial charge in [-0.1, -0.05) is 48.5 Å². The Hall–Kier alpha value is -3.39. The number of ether oxygens (including phenoxy) is 1. The van der Waals surface area contributed by atoms with Gasteiger partial charge >= 0.3 is 12.1 Å². The Morgan fingerprint density at radius 2 is 1.63 bits per heavy atom. The van der Waals surface area contributed by atoms with Gasteiger partial charge in [0.15, 0.2) is 0 Å². The molecule has 2 aliphatic carbocycles. The van der Waals surface area contributed by atoms with Crippen LogP contribution in [0.5, 0.6) is 0 Å². The number of benzene rings is 2. The number of nitrogens with zero attached hydrogens (tertiary/aromatic N) is 1. The van der Waals surface area contributed by atoms with Gasteiger partial charge in [-0.15, -0.1) is 0 Å². The van der Waals surface area contributed by atoms with Gasteiger partial charge in [0.05, 0.1) is 6.10 Å². The number of hydrogen-bond donors (Lipinski definition) is 3. The Labute approximate surface area is 203 Å². The summed E-state index contributed by atoms with van der Waals surface area (Å²) in [6, 6.07) is 15.3. The molecule has 3 aliphatic rings. The number of aliphatic hydroxyl groups excluding tert-OH is 1. The summed E-state index contributed by atoms with van der Waals surface area (Å²) in [6.07, 6.45) is 1.19. The van der Waals surface area contributed by atoms with Crippen molar-refractivity contribution in [3.63, 3.8) is 0 Å². The van der Waals surface area contributed by atoms with Gasteiger partial charge in [-0.25, -0.2) is 9.59 Å². The molecule has 0 bridgehead atoms. The number of carbonyl (C=O) groups excluding carboxylic acids is 2. The van der Waals surface area contributed by atoms with Gasteiger partial charge in [-0.05, 0) is 47.4 Å². The highest BCUT2D eigenvalue weighted by Gasteiger charge is 2.40. The van der Waals surface area contributed by atoms with E-state index < -0.39 is 24.2 Å². The SMILES string of the molecule is O=C(NC1CCC(CC(=O)N2C[C@H](O)C[C@@H]2C(=O)O)C1)OCC1c2ccccc2-c2ccccc21. The first-order valence-electron chi connectivity index (χ1n) is 12.2. The molecule has 2 fully saturated rings. The molecule has 8 heteroatoms. The normalized spacial score (nSPS) is 25.2. The highest BCUT2D eigenvalue weighted by molar-refractivity contribution is 5.84. The monoisotopic (exact) mass is 478 g/mol. The molecule has 2 unspecified atom stereocenters. The zero-order chi connectivity index (χ0) is 24.5. The summed E-state index contributed by atoms with van der Waals surface area (Å²) < 4.78 is 5.63. The zero-order valence-electron chi connectivity index (χ0n) is 19.4. The Morgan fingerprint density at radius 3 is 2.29 bits per heavy atom. The van der Waals surface area contributed by atoms with Crippen LogP contribution >= 0.6 is 0 Å². The van der Waals surface area contributed by atoms with E-state index >= 15 is 0 Å². The van der Waals surface area contributed by atoms with Crippen molar-refractivity contribution in [3.8, 4) is 11.1 Å². The molecule has 1 aliphatic heterocycles. The molecule has 0 aromatic heterocycles. The van der Waals surface area contributed by atoms with E-state index in [4.69, 9.17) is 4.74 Å². The van der Waals surface area contributed by atoms with Crippen LogP contribution in [0.25, 0.3) is 11.1 Å². The van der Waals surface area contributed by atoms with E-state index in [1.54, 1.807) is 0 Å². The van der Waals surface area contributed by atoms with Crippen molar-refractivity contribution in [1.82, 2.24) is 10.2 Å². The lowest BCUT2D eigenvalue weighted by Crippen LogP contribution is -2.41. The molecule has 184 valence electrons. The fraction of sp³-hybridized carbons (Fsp3) is 0.444. The number of amides is 2. The molecule has 1 saturated carbocycles. The minimum absolute atomic E-state index is 0.0000843. The maximum Gasteiger partial charge on any atom is 0.407 e. The third-order valence-electron chi connectivity index (χ3n) is 7.55. The number of rotatable bonds is 6. The smallest absolute Gasteiger partial charge is 0.407 e. The number of β-amino-alcohol motifs (C(OH)–C–C–N with tert-alkyl or cyclic N) is 1. The lowest BCUT2D eigenvalue weighted by Gasteiger charge is -2.23. The number of carbonyl (C=O) groups is 3. The first-order valence-corrected chi connectivity index (χ1v) is 12.2. The maximum absolute atomic E-state index is 12.7. The molecule has 2 aromatic carbocycles. The van der Waals surface area contributed by atoms with E-state index in [-0.39, 0.29) is 49.8 Å². The van der Waals surface area contributed by atoms with Gasteiger partial charge in [0.2, 0.25) is 5.91 Å². The summed E-state index contributed by atoms with van der Waals surface area (Å²) in [7, 11) is 0. The summed E-state index contributed by atoms with van der Waals surface area (Å²) in [4.78, 5) is 37.9. The maximum atomic E-state index is 12.7. The molecule has 2 aromatic rings. The Bertz CT molecular complexity index is 1090. The van der Waals surface area contributed by atoms with Crippen molar-refractivity contribution in [2.45, 2.75) is 56.2 Å². The van der Waals surface area contributed by atoms with Gasteiger partial charge in [0, 0.05) is 31.3 Å². The van der Waals surface area contributed by atoms with Gasteiger partial charge in [0.1, 0.15) is 12.6 Å². The minimum atomic E-state index is -1.09. The van der Waals surface area contributed by atoms with Gasteiger partial charge in [-0.2, -0.15) is 0 Å². The number of hydrogen-bond acceptors (Lipinski definition) is 5. The zero-order valence-corrected chi connectivity index (χ0v) is 19.4. The van der Waals surface area contributed by atoms with Crippen LogP contribution in [0.3, 0.4) is 0 Å². The fourth-order valence-electron chi connectivity index (χ4n) is 5.89. The molecular weight excluding hydrogens is 448 g/mol. The van der Waals surface area contributed by atoms with Crippen molar-refractivity contribution in [2.24, 2.45) is 5.92 Å². The van der Waals surface area contributed by atoms with E-state index in [9.17, 15) is 24.6 Å². The first-order chi connectivity index (χ1) is 16.9. The Morgan fingerprint density at radius 1 is 0.971 bits per heavy atom. The van der Waals surface area contributed by atoms with Gasteiger partial charge < -0.3 is 25.2 Å². The number of likely N-dealkylation sites (tertiary alicyclic amines) is 1. The van der Waals surface area contributed by atoms with Crippen molar-refractivity contribution >= 4 is 18.0 Å². The molecule has 2 amide bonds.